The first-order chi connectivity index (χ1) is 19.8. The van der Waals surface area contributed by atoms with Crippen LogP contribution in [0.4, 0.5) is 4.79 Å². The maximum Gasteiger partial charge on any atom is 0.410 e. The zero-order chi connectivity index (χ0) is 30.8. The summed E-state index contributed by atoms with van der Waals surface area (Å²) in [5.74, 6) is 1.27. The number of hydrogen-bond donors (Lipinski definition) is 0. The first kappa shape index (κ1) is 32.9. The maximum absolute atomic E-state index is 13.8. The summed E-state index contributed by atoms with van der Waals surface area (Å²) in [6.07, 6.45) is 7.58. The van der Waals surface area contributed by atoms with Gasteiger partial charge in [0.1, 0.15) is 18.9 Å². The molecule has 1 saturated carbocycles. The Labute approximate surface area is 257 Å². The fourth-order valence-electron chi connectivity index (χ4n) is 6.88. The van der Waals surface area contributed by atoms with Gasteiger partial charge in [0.05, 0.1) is 18.1 Å². The standard InChI is InChI=1S/C32H50N2O6SSi/c1-9-17-38-30(36)28-26-22(19-41-20-23-14-12-16-33(23)31(37)39-18-10-2)13-11-15-24(26)27-25(29(35)34(27)28)21(3)40-42(7,8)32(4,5)6/h9-10,21-25,27H,1-2,11-20H2,3-8H3/t21-,22+,23+,24+,25-,27-/m1/s1. The molecule has 0 unspecified atom stereocenters. The highest BCUT2D eigenvalue weighted by atomic mass is 32.2. The van der Waals surface area contributed by atoms with E-state index in [1.807, 2.05) is 23.6 Å². The number of likely N-dealkylation sites (tertiary alicyclic amines) is 1. The Morgan fingerprint density at radius 2 is 1.76 bits per heavy atom. The summed E-state index contributed by atoms with van der Waals surface area (Å²) in [5, 5.41) is 0.0386. The van der Waals surface area contributed by atoms with Crippen LogP contribution in [0.5, 0.6) is 0 Å². The topological polar surface area (TPSA) is 85.4 Å². The van der Waals surface area contributed by atoms with Gasteiger partial charge < -0.3 is 23.7 Å². The number of carbonyl (C=O) groups excluding carboxylic acids is 3. The Morgan fingerprint density at radius 3 is 2.43 bits per heavy atom. The van der Waals surface area contributed by atoms with Crippen molar-refractivity contribution in [2.24, 2.45) is 17.8 Å². The molecule has 3 heterocycles. The van der Waals surface area contributed by atoms with E-state index in [9.17, 15) is 14.4 Å². The van der Waals surface area contributed by atoms with Crippen LogP contribution in [-0.4, -0.2) is 85.5 Å². The molecule has 2 amide bonds. The Balaban J connectivity index is 1.51. The van der Waals surface area contributed by atoms with Crippen molar-refractivity contribution >= 4 is 38.0 Å². The number of nitrogens with zero attached hydrogens (tertiary/aromatic N) is 2. The highest BCUT2D eigenvalue weighted by molar-refractivity contribution is 7.99. The molecule has 42 heavy (non-hydrogen) atoms. The highest BCUT2D eigenvalue weighted by Gasteiger charge is 2.63. The Morgan fingerprint density at radius 1 is 1.07 bits per heavy atom. The highest BCUT2D eigenvalue weighted by Crippen LogP contribution is 2.55. The average Bonchev–Trinajstić information content (AvgIpc) is 3.50. The third kappa shape index (κ3) is 6.41. The number of rotatable bonds is 12. The number of ether oxygens (including phenoxy) is 2. The van der Waals surface area contributed by atoms with Gasteiger partial charge in [-0.25, -0.2) is 9.59 Å². The van der Waals surface area contributed by atoms with Crippen molar-refractivity contribution in [3.05, 3.63) is 36.6 Å². The van der Waals surface area contributed by atoms with E-state index in [1.54, 1.807) is 17.1 Å². The molecule has 4 rings (SSSR count). The van der Waals surface area contributed by atoms with Crippen LogP contribution in [0.3, 0.4) is 0 Å². The van der Waals surface area contributed by atoms with Gasteiger partial charge in [0.2, 0.25) is 5.91 Å². The van der Waals surface area contributed by atoms with Gasteiger partial charge in [-0.1, -0.05) is 52.5 Å². The first-order valence-corrected chi connectivity index (χ1v) is 19.5. The molecule has 0 aromatic rings. The van der Waals surface area contributed by atoms with Crippen molar-refractivity contribution in [2.45, 2.75) is 96.1 Å². The SMILES string of the molecule is C=CCOC(=O)C1=C2[C@H](CSC[C@@H]3CCCN3C(=O)OCC=C)CCC[C@@H]2[C@@H]2[C@@H]([C@@H](C)O[Si](C)(C)C(C)(C)C)C(=O)N12. The summed E-state index contributed by atoms with van der Waals surface area (Å²) in [7, 11) is -2.08. The van der Waals surface area contributed by atoms with Crippen LogP contribution in [0.2, 0.25) is 18.1 Å². The molecule has 0 N–H and O–H groups in total. The number of carbonyl (C=O) groups is 3. The second kappa shape index (κ2) is 13.3. The minimum atomic E-state index is -2.08. The van der Waals surface area contributed by atoms with Crippen LogP contribution in [0.25, 0.3) is 0 Å². The molecular formula is C32H50N2O6SSi. The lowest BCUT2D eigenvalue weighted by molar-refractivity contribution is -0.163. The average molecular weight is 619 g/mol. The summed E-state index contributed by atoms with van der Waals surface area (Å²) in [6, 6.07) is 0.0804. The molecule has 6 atom stereocenters. The molecule has 10 heteroatoms. The molecule has 0 spiro atoms. The smallest absolute Gasteiger partial charge is 0.410 e. The maximum atomic E-state index is 13.8. The second-order valence-corrected chi connectivity index (χ2v) is 19.5. The predicted octanol–water partition coefficient (Wildman–Crippen LogP) is 6.16. The lowest BCUT2D eigenvalue weighted by Crippen LogP contribution is -2.65. The van der Waals surface area contributed by atoms with Crippen LogP contribution >= 0.6 is 11.8 Å². The molecule has 2 saturated heterocycles. The van der Waals surface area contributed by atoms with Crippen LogP contribution in [-0.2, 0) is 23.5 Å². The van der Waals surface area contributed by atoms with Gasteiger partial charge in [-0.2, -0.15) is 11.8 Å². The van der Waals surface area contributed by atoms with Gasteiger partial charge in [-0.15, -0.1) is 0 Å². The molecule has 0 radical (unpaired) electrons. The van der Waals surface area contributed by atoms with E-state index < -0.39 is 14.3 Å². The van der Waals surface area contributed by atoms with Gasteiger partial charge in [-0.05, 0) is 62.2 Å². The zero-order valence-corrected chi connectivity index (χ0v) is 28.2. The number of thioether (sulfide) groups is 1. The van der Waals surface area contributed by atoms with Gasteiger partial charge in [0.25, 0.3) is 0 Å². The first-order valence-electron chi connectivity index (χ1n) is 15.5. The summed E-state index contributed by atoms with van der Waals surface area (Å²) >= 11 is 1.83. The predicted molar refractivity (Wildman–Crippen MR) is 169 cm³/mol. The Bertz CT molecular complexity index is 1100. The van der Waals surface area contributed by atoms with Crippen LogP contribution < -0.4 is 0 Å². The number of fused-ring (bicyclic) bond motifs is 3. The number of esters is 1. The van der Waals surface area contributed by atoms with Crippen molar-refractivity contribution in [2.75, 3.05) is 31.3 Å². The lowest BCUT2D eigenvalue weighted by Gasteiger charge is -2.51. The van der Waals surface area contributed by atoms with Gasteiger partial charge >= 0.3 is 12.1 Å². The number of hydrogen-bond acceptors (Lipinski definition) is 7. The van der Waals surface area contributed by atoms with E-state index in [-0.39, 0.29) is 66.2 Å². The van der Waals surface area contributed by atoms with E-state index in [0.717, 1.165) is 49.2 Å². The Kier molecular flexibility index (Phi) is 10.4. The fraction of sp³-hybridized carbons (Fsp3) is 0.719. The minimum Gasteiger partial charge on any atom is -0.457 e. The Hall–Kier alpha value is -2.04. The number of β-lactam (4-membered cyclic amide) rings is 1. The molecule has 1 aliphatic carbocycles. The summed E-state index contributed by atoms with van der Waals surface area (Å²) in [4.78, 5) is 43.3. The monoisotopic (exact) mass is 618 g/mol. The summed E-state index contributed by atoms with van der Waals surface area (Å²) in [6.45, 7) is 21.5. The third-order valence-corrected chi connectivity index (χ3v) is 15.7. The molecular weight excluding hydrogens is 569 g/mol. The third-order valence-electron chi connectivity index (χ3n) is 9.91. The quantitative estimate of drug-likeness (QED) is 0.112. The van der Waals surface area contributed by atoms with Crippen LogP contribution in [0, 0.1) is 17.8 Å². The summed E-state index contributed by atoms with van der Waals surface area (Å²) < 4.78 is 17.6. The molecule has 0 bridgehead atoms. The van der Waals surface area contributed by atoms with Gasteiger partial charge in [0.15, 0.2) is 8.32 Å². The van der Waals surface area contributed by atoms with Crippen molar-refractivity contribution in [3.63, 3.8) is 0 Å². The lowest BCUT2D eigenvalue weighted by atomic mass is 9.70. The van der Waals surface area contributed by atoms with Crippen molar-refractivity contribution in [1.82, 2.24) is 9.80 Å². The van der Waals surface area contributed by atoms with E-state index in [2.05, 4.69) is 47.0 Å². The van der Waals surface area contributed by atoms with Gasteiger partial charge in [-0.3, -0.25) is 4.79 Å². The van der Waals surface area contributed by atoms with Crippen molar-refractivity contribution in [1.29, 1.82) is 0 Å². The fourth-order valence-corrected chi connectivity index (χ4v) is 9.69. The summed E-state index contributed by atoms with van der Waals surface area (Å²) in [5.41, 5.74) is 1.56. The normalized spacial score (nSPS) is 28.1. The molecule has 3 fully saturated rings. The van der Waals surface area contributed by atoms with Gasteiger partial charge in [0, 0.05) is 30.0 Å². The number of amides is 2. The molecule has 0 aromatic carbocycles. The molecule has 4 aliphatic rings. The van der Waals surface area contributed by atoms with E-state index >= 15 is 0 Å². The second-order valence-electron chi connectivity index (χ2n) is 13.6. The van der Waals surface area contributed by atoms with E-state index in [1.165, 1.54) is 0 Å². The van der Waals surface area contributed by atoms with Crippen LogP contribution in [0.1, 0.15) is 59.8 Å². The van der Waals surface area contributed by atoms with E-state index in [4.69, 9.17) is 13.9 Å². The zero-order valence-electron chi connectivity index (χ0n) is 26.4. The molecule has 0 aromatic heterocycles. The molecule has 8 nitrogen and oxygen atoms in total. The minimum absolute atomic E-state index is 0.0234. The molecule has 3 aliphatic heterocycles. The van der Waals surface area contributed by atoms with Crippen molar-refractivity contribution < 1.29 is 28.3 Å². The molecule has 234 valence electrons. The van der Waals surface area contributed by atoms with E-state index in [0.29, 0.717) is 12.2 Å². The van der Waals surface area contributed by atoms with Crippen molar-refractivity contribution in [3.8, 4) is 0 Å². The largest absolute Gasteiger partial charge is 0.457 e. The van der Waals surface area contributed by atoms with Crippen LogP contribution in [0.15, 0.2) is 36.6 Å².